The van der Waals surface area contributed by atoms with Crippen LogP contribution in [-0.4, -0.2) is 44.8 Å². The van der Waals surface area contributed by atoms with Gasteiger partial charge in [-0.05, 0) is 61.8 Å². The number of amides is 1. The van der Waals surface area contributed by atoms with E-state index in [9.17, 15) is 4.79 Å². The van der Waals surface area contributed by atoms with Gasteiger partial charge in [0.15, 0.2) is 0 Å². The molecule has 0 spiro atoms. The number of aromatic nitrogens is 4. The molecule has 0 bridgehead atoms. The molecular formula is C24H24BrN7O2. The molecule has 0 atom stereocenters. The maximum atomic E-state index is 12.0. The largest absolute Gasteiger partial charge is 0.488 e. The molecule has 4 aromatic rings. The molecule has 1 aliphatic heterocycles. The number of ether oxygens (including phenoxy) is 1. The van der Waals surface area contributed by atoms with Crippen LogP contribution in [0.1, 0.15) is 23.2 Å². The fourth-order valence-electron chi connectivity index (χ4n) is 4.03. The minimum Gasteiger partial charge on any atom is -0.488 e. The lowest BCUT2D eigenvalue weighted by Gasteiger charge is -2.24. The van der Waals surface area contributed by atoms with Crippen molar-refractivity contribution in [1.29, 1.82) is 0 Å². The van der Waals surface area contributed by atoms with Gasteiger partial charge in [0.2, 0.25) is 11.9 Å². The number of nitrogens with one attached hydrogen (secondary N) is 2. The fraction of sp³-hybridized carbons (Fsp3) is 0.250. The van der Waals surface area contributed by atoms with Crippen molar-refractivity contribution in [3.8, 4) is 16.9 Å². The second-order valence-electron chi connectivity index (χ2n) is 8.29. The van der Waals surface area contributed by atoms with Crippen LogP contribution in [0.3, 0.4) is 0 Å². The Morgan fingerprint density at radius 2 is 2.00 bits per heavy atom. The van der Waals surface area contributed by atoms with Crippen molar-refractivity contribution in [3.63, 3.8) is 0 Å². The van der Waals surface area contributed by atoms with E-state index in [1.807, 2.05) is 31.4 Å². The highest BCUT2D eigenvalue weighted by Gasteiger charge is 2.18. The Morgan fingerprint density at radius 3 is 2.74 bits per heavy atom. The normalized spacial score (nSPS) is 14.3. The number of hydrogen-bond acceptors (Lipinski definition) is 7. The number of hydrogen-bond donors (Lipinski definition) is 3. The standard InChI is InChI=1S/C24H24BrN7O2/c1-32-13-17(12-29-32)14-6-15(23(26)33)9-19(8-14)30-24-28-11-16-7-18(25)10-21(22(16)31-24)34-20-2-4-27-5-3-20/h6-13,20,27H,2-5H2,1H3,(H2,26,33)(H,28,30,31). The number of piperidine rings is 1. The molecule has 2 aromatic heterocycles. The Balaban J connectivity index is 1.50. The lowest BCUT2D eigenvalue weighted by Crippen LogP contribution is -2.34. The molecule has 3 heterocycles. The first-order valence-corrected chi connectivity index (χ1v) is 11.8. The number of anilines is 2. The van der Waals surface area contributed by atoms with Crippen molar-refractivity contribution in [2.75, 3.05) is 18.4 Å². The van der Waals surface area contributed by atoms with Gasteiger partial charge >= 0.3 is 0 Å². The van der Waals surface area contributed by atoms with Gasteiger partial charge in [-0.3, -0.25) is 9.48 Å². The molecule has 2 aromatic carbocycles. The molecule has 34 heavy (non-hydrogen) atoms. The van der Waals surface area contributed by atoms with E-state index in [-0.39, 0.29) is 6.10 Å². The molecule has 1 aliphatic rings. The zero-order valence-corrected chi connectivity index (χ0v) is 20.2. The summed E-state index contributed by atoms with van der Waals surface area (Å²) < 4.78 is 8.93. The summed E-state index contributed by atoms with van der Waals surface area (Å²) in [7, 11) is 1.84. The Bertz CT molecular complexity index is 1360. The fourth-order valence-corrected chi connectivity index (χ4v) is 4.48. The van der Waals surface area contributed by atoms with Crippen molar-refractivity contribution in [3.05, 3.63) is 59.0 Å². The van der Waals surface area contributed by atoms with Crippen LogP contribution in [0.2, 0.25) is 0 Å². The van der Waals surface area contributed by atoms with Crippen LogP contribution < -0.4 is 21.1 Å². The van der Waals surface area contributed by atoms with Gasteiger partial charge in [0.05, 0.1) is 6.20 Å². The van der Waals surface area contributed by atoms with E-state index in [1.54, 1.807) is 29.2 Å². The molecule has 9 nitrogen and oxygen atoms in total. The summed E-state index contributed by atoms with van der Waals surface area (Å²) >= 11 is 3.56. The summed E-state index contributed by atoms with van der Waals surface area (Å²) in [5, 5.41) is 11.7. The summed E-state index contributed by atoms with van der Waals surface area (Å²) in [6, 6.07) is 9.24. The van der Waals surface area contributed by atoms with Crippen molar-refractivity contribution < 1.29 is 9.53 Å². The average molecular weight is 522 g/mol. The van der Waals surface area contributed by atoms with Gasteiger partial charge in [-0.2, -0.15) is 5.10 Å². The lowest BCUT2D eigenvalue weighted by molar-refractivity contribution is 0.100. The quantitative estimate of drug-likeness (QED) is 0.353. The van der Waals surface area contributed by atoms with Gasteiger partial charge in [-0.15, -0.1) is 0 Å². The lowest BCUT2D eigenvalue weighted by atomic mass is 10.0. The van der Waals surface area contributed by atoms with Gasteiger partial charge < -0.3 is 21.1 Å². The van der Waals surface area contributed by atoms with E-state index in [4.69, 9.17) is 15.5 Å². The van der Waals surface area contributed by atoms with Gasteiger partial charge in [-0.1, -0.05) is 15.9 Å². The van der Waals surface area contributed by atoms with Crippen molar-refractivity contribution >= 4 is 44.4 Å². The van der Waals surface area contributed by atoms with Gasteiger partial charge in [-0.25, -0.2) is 9.97 Å². The maximum Gasteiger partial charge on any atom is 0.248 e. The smallest absolute Gasteiger partial charge is 0.248 e. The Kier molecular flexibility index (Phi) is 6.16. The number of primary amides is 1. The highest BCUT2D eigenvalue weighted by atomic mass is 79.9. The number of rotatable bonds is 6. The predicted molar refractivity (Wildman–Crippen MR) is 134 cm³/mol. The third kappa shape index (κ3) is 4.87. The third-order valence-corrected chi connectivity index (χ3v) is 6.16. The minimum absolute atomic E-state index is 0.138. The molecule has 0 aliphatic carbocycles. The molecular weight excluding hydrogens is 498 g/mol. The summed E-state index contributed by atoms with van der Waals surface area (Å²) in [5.41, 5.74) is 9.01. The van der Waals surface area contributed by atoms with E-state index in [2.05, 4.69) is 36.6 Å². The molecule has 1 amide bonds. The molecule has 174 valence electrons. The molecule has 1 saturated heterocycles. The van der Waals surface area contributed by atoms with Crippen molar-refractivity contribution in [1.82, 2.24) is 25.1 Å². The van der Waals surface area contributed by atoms with Crippen LogP contribution in [-0.2, 0) is 7.05 Å². The van der Waals surface area contributed by atoms with E-state index in [0.717, 1.165) is 52.4 Å². The average Bonchev–Trinajstić information content (AvgIpc) is 3.26. The molecule has 0 unspecified atom stereocenters. The first-order valence-electron chi connectivity index (χ1n) is 11.0. The zero-order chi connectivity index (χ0) is 23.7. The van der Waals surface area contributed by atoms with Crippen LogP contribution >= 0.6 is 15.9 Å². The summed E-state index contributed by atoms with van der Waals surface area (Å²) in [6.45, 7) is 1.88. The van der Waals surface area contributed by atoms with Gasteiger partial charge in [0.25, 0.3) is 0 Å². The zero-order valence-electron chi connectivity index (χ0n) is 18.6. The number of benzene rings is 2. The summed E-state index contributed by atoms with van der Waals surface area (Å²) in [6.07, 6.45) is 7.39. The first kappa shape index (κ1) is 22.3. The number of halogens is 1. The molecule has 1 fully saturated rings. The van der Waals surface area contributed by atoms with Crippen molar-refractivity contribution in [2.45, 2.75) is 18.9 Å². The van der Waals surface area contributed by atoms with Crippen molar-refractivity contribution in [2.24, 2.45) is 12.8 Å². The molecule has 4 N–H and O–H groups in total. The Hall–Kier alpha value is -3.50. The van der Waals surface area contributed by atoms with Gasteiger partial charge in [0.1, 0.15) is 17.4 Å². The van der Waals surface area contributed by atoms with E-state index in [0.29, 0.717) is 22.9 Å². The molecule has 10 heteroatoms. The van der Waals surface area contributed by atoms with E-state index >= 15 is 0 Å². The number of carbonyl (C=O) groups excluding carboxylic acids is 1. The number of carbonyl (C=O) groups is 1. The highest BCUT2D eigenvalue weighted by molar-refractivity contribution is 9.10. The second-order valence-corrected chi connectivity index (χ2v) is 9.21. The van der Waals surface area contributed by atoms with Crippen LogP contribution in [0.5, 0.6) is 5.75 Å². The second kappa shape index (κ2) is 9.40. The van der Waals surface area contributed by atoms with E-state index < -0.39 is 5.91 Å². The SMILES string of the molecule is Cn1cc(-c2cc(Nc3ncc4cc(Br)cc(OC5CCNCC5)c4n3)cc(C(N)=O)c2)cn1. The molecule has 0 radical (unpaired) electrons. The van der Waals surface area contributed by atoms with Crippen LogP contribution in [0.25, 0.3) is 22.0 Å². The Morgan fingerprint density at radius 1 is 1.18 bits per heavy atom. The van der Waals surface area contributed by atoms with Crippen LogP contribution in [0, 0.1) is 0 Å². The van der Waals surface area contributed by atoms with Gasteiger partial charge in [0, 0.05) is 46.1 Å². The summed E-state index contributed by atoms with van der Waals surface area (Å²) in [4.78, 5) is 21.2. The number of nitrogens with two attached hydrogens (primary N) is 1. The topological polar surface area (TPSA) is 120 Å². The minimum atomic E-state index is -0.518. The monoisotopic (exact) mass is 521 g/mol. The van der Waals surface area contributed by atoms with Crippen LogP contribution in [0.4, 0.5) is 11.6 Å². The third-order valence-electron chi connectivity index (χ3n) is 5.70. The molecule has 0 saturated carbocycles. The number of aryl methyl sites for hydroxylation is 1. The van der Waals surface area contributed by atoms with E-state index in [1.165, 1.54) is 0 Å². The number of fused-ring (bicyclic) bond motifs is 1. The predicted octanol–water partition coefficient (Wildman–Crippen LogP) is 3.77. The maximum absolute atomic E-state index is 12.0. The highest BCUT2D eigenvalue weighted by Crippen LogP contribution is 2.32. The van der Waals surface area contributed by atoms with Crippen LogP contribution in [0.15, 0.2) is 53.4 Å². The molecule has 5 rings (SSSR count). The summed E-state index contributed by atoms with van der Waals surface area (Å²) in [5.74, 6) is 0.586. The Labute approximate surface area is 204 Å². The first-order chi connectivity index (χ1) is 16.4. The number of nitrogens with zero attached hydrogens (tertiary/aromatic N) is 4.